The molecule has 0 saturated heterocycles. The van der Waals surface area contributed by atoms with Gasteiger partial charge < -0.3 is 0 Å². The Kier molecular flexibility index (Phi) is 3.74. The van der Waals surface area contributed by atoms with Crippen LogP contribution < -0.4 is 4.72 Å². The number of hydrogen-bond donors (Lipinski definition) is 1. The predicted octanol–water partition coefficient (Wildman–Crippen LogP) is 1.50. The highest BCUT2D eigenvalue weighted by molar-refractivity contribution is 7.88. The van der Waals surface area contributed by atoms with Gasteiger partial charge in [-0.15, -0.1) is 0 Å². The molecule has 0 amide bonds. The first kappa shape index (κ1) is 11.0. The van der Waals surface area contributed by atoms with Gasteiger partial charge in [-0.3, -0.25) is 0 Å². The van der Waals surface area contributed by atoms with E-state index in [9.17, 15) is 8.42 Å². The first-order chi connectivity index (χ1) is 6.01. The van der Waals surface area contributed by atoms with Crippen molar-refractivity contribution in [1.29, 1.82) is 0 Å². The Labute approximate surface area is 81.0 Å². The van der Waals surface area contributed by atoms with Gasteiger partial charge >= 0.3 is 0 Å². The van der Waals surface area contributed by atoms with Crippen LogP contribution in [0.1, 0.15) is 39.0 Å². The van der Waals surface area contributed by atoms with E-state index in [1.54, 1.807) is 0 Å². The zero-order valence-corrected chi connectivity index (χ0v) is 9.23. The van der Waals surface area contributed by atoms with Crippen molar-refractivity contribution in [2.75, 3.05) is 6.26 Å². The lowest BCUT2D eigenvalue weighted by atomic mass is 9.85. The molecule has 1 fully saturated rings. The predicted molar refractivity (Wildman–Crippen MR) is 54.0 cm³/mol. The Morgan fingerprint density at radius 1 is 1.38 bits per heavy atom. The van der Waals surface area contributed by atoms with Crippen molar-refractivity contribution in [3.63, 3.8) is 0 Å². The van der Waals surface area contributed by atoms with Crippen molar-refractivity contribution in [3.05, 3.63) is 0 Å². The van der Waals surface area contributed by atoms with Crippen LogP contribution in [-0.4, -0.2) is 20.7 Å². The summed E-state index contributed by atoms with van der Waals surface area (Å²) in [6, 6.07) is 0.189. The van der Waals surface area contributed by atoms with Crippen molar-refractivity contribution in [3.8, 4) is 0 Å². The minimum atomic E-state index is -3.01. The lowest BCUT2D eigenvalue weighted by Gasteiger charge is -2.28. The SMILES string of the molecule is CCC1CCCC(NS(C)(=O)=O)C1. The highest BCUT2D eigenvalue weighted by Gasteiger charge is 2.22. The zero-order chi connectivity index (χ0) is 9.90. The monoisotopic (exact) mass is 205 g/mol. The Hall–Kier alpha value is -0.0900. The summed E-state index contributed by atoms with van der Waals surface area (Å²) in [6.07, 6.45) is 6.85. The summed E-state index contributed by atoms with van der Waals surface area (Å²) in [5, 5.41) is 0. The summed E-state index contributed by atoms with van der Waals surface area (Å²) in [5.41, 5.74) is 0. The van der Waals surface area contributed by atoms with E-state index in [1.807, 2.05) is 0 Å². The summed E-state index contributed by atoms with van der Waals surface area (Å²) in [5.74, 6) is 0.716. The van der Waals surface area contributed by atoms with Gasteiger partial charge in [-0.05, 0) is 18.8 Å². The molecule has 3 nitrogen and oxygen atoms in total. The second-order valence-corrected chi connectivity index (χ2v) is 5.81. The van der Waals surface area contributed by atoms with Crippen molar-refractivity contribution < 1.29 is 8.42 Å². The number of nitrogens with one attached hydrogen (secondary N) is 1. The van der Waals surface area contributed by atoms with E-state index in [0.717, 1.165) is 19.3 Å². The molecule has 2 atom stereocenters. The number of rotatable bonds is 3. The maximum Gasteiger partial charge on any atom is 0.208 e. The average molecular weight is 205 g/mol. The molecular weight excluding hydrogens is 186 g/mol. The first-order valence-electron chi connectivity index (χ1n) is 4.98. The molecule has 0 aromatic carbocycles. The fourth-order valence-corrected chi connectivity index (χ4v) is 2.89. The van der Waals surface area contributed by atoms with Crippen molar-refractivity contribution in [2.24, 2.45) is 5.92 Å². The lowest BCUT2D eigenvalue weighted by Crippen LogP contribution is -2.37. The van der Waals surface area contributed by atoms with E-state index < -0.39 is 10.0 Å². The van der Waals surface area contributed by atoms with E-state index in [-0.39, 0.29) is 6.04 Å². The van der Waals surface area contributed by atoms with Crippen LogP contribution in [0, 0.1) is 5.92 Å². The van der Waals surface area contributed by atoms with Crippen LogP contribution >= 0.6 is 0 Å². The van der Waals surface area contributed by atoms with E-state index in [0.29, 0.717) is 5.92 Å². The van der Waals surface area contributed by atoms with Crippen molar-refractivity contribution >= 4 is 10.0 Å². The molecule has 0 radical (unpaired) electrons. The van der Waals surface area contributed by atoms with Gasteiger partial charge in [0.25, 0.3) is 0 Å². The summed E-state index contributed by atoms with van der Waals surface area (Å²) in [7, 11) is -3.01. The van der Waals surface area contributed by atoms with Gasteiger partial charge in [0.15, 0.2) is 0 Å². The molecule has 0 spiro atoms. The quantitative estimate of drug-likeness (QED) is 0.759. The normalized spacial score (nSPS) is 30.3. The summed E-state index contributed by atoms with van der Waals surface area (Å²) in [4.78, 5) is 0. The van der Waals surface area contributed by atoms with Crippen LogP contribution in [0.3, 0.4) is 0 Å². The topological polar surface area (TPSA) is 46.2 Å². The summed E-state index contributed by atoms with van der Waals surface area (Å²) in [6.45, 7) is 2.17. The van der Waals surface area contributed by atoms with Crippen molar-refractivity contribution in [2.45, 2.75) is 45.1 Å². The maximum atomic E-state index is 11.0. The molecule has 0 aromatic heterocycles. The van der Waals surface area contributed by atoms with Crippen LogP contribution in [0.5, 0.6) is 0 Å². The van der Waals surface area contributed by atoms with Crippen molar-refractivity contribution in [1.82, 2.24) is 4.72 Å². The lowest BCUT2D eigenvalue weighted by molar-refractivity contribution is 0.301. The minimum absolute atomic E-state index is 0.189. The molecule has 0 aromatic rings. The molecule has 1 rings (SSSR count). The Morgan fingerprint density at radius 3 is 2.62 bits per heavy atom. The standard InChI is InChI=1S/C9H19NO2S/c1-3-8-5-4-6-9(7-8)10-13(2,11)12/h8-10H,3-7H2,1-2H3. The van der Waals surface area contributed by atoms with Gasteiger partial charge in [0, 0.05) is 6.04 Å². The second-order valence-electron chi connectivity index (χ2n) is 4.03. The van der Waals surface area contributed by atoms with Gasteiger partial charge in [-0.2, -0.15) is 0 Å². The fraction of sp³-hybridized carbons (Fsp3) is 1.00. The van der Waals surface area contributed by atoms with Crippen LogP contribution in [0.15, 0.2) is 0 Å². The molecule has 1 N–H and O–H groups in total. The molecule has 0 heterocycles. The molecular formula is C9H19NO2S. The summed E-state index contributed by atoms with van der Waals surface area (Å²) >= 11 is 0. The third-order valence-electron chi connectivity index (χ3n) is 2.74. The molecule has 2 unspecified atom stereocenters. The summed E-state index contributed by atoms with van der Waals surface area (Å²) < 4.78 is 24.7. The number of hydrogen-bond acceptors (Lipinski definition) is 2. The highest BCUT2D eigenvalue weighted by Crippen LogP contribution is 2.26. The zero-order valence-electron chi connectivity index (χ0n) is 8.41. The third kappa shape index (κ3) is 4.09. The van der Waals surface area contributed by atoms with E-state index >= 15 is 0 Å². The largest absolute Gasteiger partial charge is 0.213 e. The Bertz CT molecular complexity index is 248. The van der Waals surface area contributed by atoms with Crippen LogP contribution in [-0.2, 0) is 10.0 Å². The molecule has 78 valence electrons. The van der Waals surface area contributed by atoms with E-state index in [1.165, 1.54) is 19.1 Å². The average Bonchev–Trinajstić information content (AvgIpc) is 2.01. The van der Waals surface area contributed by atoms with Gasteiger partial charge in [-0.25, -0.2) is 13.1 Å². The van der Waals surface area contributed by atoms with Gasteiger partial charge in [0.2, 0.25) is 10.0 Å². The Balaban J connectivity index is 2.43. The maximum absolute atomic E-state index is 11.0. The van der Waals surface area contributed by atoms with E-state index in [4.69, 9.17) is 0 Å². The molecule has 1 aliphatic rings. The van der Waals surface area contributed by atoms with E-state index in [2.05, 4.69) is 11.6 Å². The van der Waals surface area contributed by atoms with Crippen LogP contribution in [0.4, 0.5) is 0 Å². The van der Waals surface area contributed by atoms with Crippen LogP contribution in [0.25, 0.3) is 0 Å². The van der Waals surface area contributed by atoms with Gasteiger partial charge in [0.1, 0.15) is 0 Å². The number of sulfonamides is 1. The molecule has 1 saturated carbocycles. The molecule has 1 aliphatic carbocycles. The minimum Gasteiger partial charge on any atom is -0.213 e. The first-order valence-corrected chi connectivity index (χ1v) is 6.87. The Morgan fingerprint density at radius 2 is 2.08 bits per heavy atom. The molecule has 4 heteroatoms. The molecule has 13 heavy (non-hydrogen) atoms. The molecule has 0 bridgehead atoms. The van der Waals surface area contributed by atoms with Crippen LogP contribution in [0.2, 0.25) is 0 Å². The second kappa shape index (κ2) is 4.42. The third-order valence-corrected chi connectivity index (χ3v) is 3.50. The smallest absolute Gasteiger partial charge is 0.208 e. The van der Waals surface area contributed by atoms with Gasteiger partial charge in [0.05, 0.1) is 6.26 Å². The van der Waals surface area contributed by atoms with Gasteiger partial charge in [-0.1, -0.05) is 26.2 Å². The highest BCUT2D eigenvalue weighted by atomic mass is 32.2. The fourth-order valence-electron chi connectivity index (χ4n) is 2.07. The molecule has 0 aliphatic heterocycles.